The maximum absolute atomic E-state index is 10.0. The molecule has 0 rings (SSSR count). The molecule has 0 bridgehead atoms. The fraction of sp³-hybridized carbons (Fsp3) is 0.500. The maximum Gasteiger partial charge on any atom is 0.417 e. The lowest BCUT2D eigenvalue weighted by Crippen LogP contribution is -2.17. The number of esters is 1. The van der Waals surface area contributed by atoms with Crippen LogP contribution in [0.25, 0.3) is 0 Å². The molecule has 0 aliphatic carbocycles. The minimum atomic E-state index is -1.57. The van der Waals surface area contributed by atoms with E-state index in [-0.39, 0.29) is 6.61 Å². The average molecular weight is 150 g/mol. The highest BCUT2D eigenvalue weighted by Gasteiger charge is 2.10. The molecule has 5 heteroatoms. The second-order valence-corrected chi connectivity index (χ2v) is 1.61. The first kappa shape index (κ1) is 8.29. The van der Waals surface area contributed by atoms with Gasteiger partial charge in [-0.25, -0.2) is 9.59 Å². The zero-order chi connectivity index (χ0) is 7.28. The summed E-state index contributed by atoms with van der Waals surface area (Å²) in [6.45, 7) is 0.0360. The fourth-order valence-corrected chi connectivity index (χ4v) is 0.291. The zero-order valence-corrected chi connectivity index (χ0v) is 5.43. The van der Waals surface area contributed by atoms with E-state index < -0.39 is 11.9 Å². The molecule has 0 aromatic carbocycles. The van der Waals surface area contributed by atoms with Crippen molar-refractivity contribution in [2.45, 2.75) is 0 Å². The van der Waals surface area contributed by atoms with Crippen molar-refractivity contribution >= 4 is 24.6 Å². The number of ether oxygens (including phenoxy) is 1. The first-order valence-corrected chi connectivity index (χ1v) is 2.82. The van der Waals surface area contributed by atoms with Crippen LogP contribution in [0.15, 0.2) is 0 Å². The third-order valence-electron chi connectivity index (χ3n) is 0.499. The van der Waals surface area contributed by atoms with E-state index >= 15 is 0 Å². The van der Waals surface area contributed by atoms with Crippen LogP contribution in [0.1, 0.15) is 0 Å². The van der Waals surface area contributed by atoms with Crippen LogP contribution in [0, 0.1) is 0 Å². The van der Waals surface area contributed by atoms with Gasteiger partial charge in [-0.2, -0.15) is 12.6 Å². The molecule has 0 atom stereocenters. The van der Waals surface area contributed by atoms with Gasteiger partial charge in [-0.05, 0) is 0 Å². The van der Waals surface area contributed by atoms with Gasteiger partial charge >= 0.3 is 11.9 Å². The molecule has 0 saturated carbocycles. The molecule has 1 N–H and O–H groups in total. The van der Waals surface area contributed by atoms with E-state index in [1.807, 2.05) is 0 Å². The van der Waals surface area contributed by atoms with Crippen molar-refractivity contribution in [3.63, 3.8) is 0 Å². The predicted molar refractivity (Wildman–Crippen MR) is 32.4 cm³/mol. The van der Waals surface area contributed by atoms with Crippen molar-refractivity contribution in [2.75, 3.05) is 12.4 Å². The Bertz CT molecular complexity index is 122. The van der Waals surface area contributed by atoms with Crippen molar-refractivity contribution in [3.05, 3.63) is 0 Å². The molecule has 0 aromatic heterocycles. The Hall–Kier alpha value is -0.710. The third kappa shape index (κ3) is 3.84. The van der Waals surface area contributed by atoms with E-state index in [1.165, 1.54) is 0 Å². The van der Waals surface area contributed by atoms with Crippen LogP contribution in [0.3, 0.4) is 0 Å². The molecule has 52 valence electrons. The molecule has 9 heavy (non-hydrogen) atoms. The number of carbonyl (C=O) groups is 2. The molecule has 0 aliphatic rings. The fourth-order valence-electron chi connectivity index (χ4n) is 0.200. The summed E-state index contributed by atoms with van der Waals surface area (Å²) in [5.41, 5.74) is 0. The molecular weight excluding hydrogens is 144 g/mol. The standard InChI is InChI=1S/C4H6O4S/c5-3(6)4(7)8-1-2-9/h9H,1-2H2,(H,5,6). The molecule has 0 aliphatic heterocycles. The summed E-state index contributed by atoms with van der Waals surface area (Å²) < 4.78 is 4.14. The highest BCUT2D eigenvalue weighted by atomic mass is 32.1. The molecule has 0 amide bonds. The molecule has 0 saturated heterocycles. The molecule has 0 aromatic rings. The number of carbonyl (C=O) groups excluding carboxylic acids is 1. The van der Waals surface area contributed by atoms with Crippen molar-refractivity contribution < 1.29 is 19.4 Å². The van der Waals surface area contributed by atoms with Gasteiger partial charge in [0, 0.05) is 5.75 Å². The number of hydrogen-bond acceptors (Lipinski definition) is 4. The normalized spacial score (nSPS) is 8.56. The van der Waals surface area contributed by atoms with Crippen molar-refractivity contribution in [1.82, 2.24) is 0 Å². The summed E-state index contributed by atoms with van der Waals surface area (Å²) in [4.78, 5) is 19.8. The van der Waals surface area contributed by atoms with Gasteiger partial charge in [0.05, 0.1) is 0 Å². The van der Waals surface area contributed by atoms with Crippen LogP contribution in [-0.2, 0) is 14.3 Å². The second kappa shape index (κ2) is 4.20. The summed E-state index contributed by atoms with van der Waals surface area (Å²) in [5.74, 6) is -2.47. The number of thiol groups is 1. The number of aliphatic carboxylic acids is 1. The van der Waals surface area contributed by atoms with Gasteiger partial charge in [0.2, 0.25) is 0 Å². The number of carboxylic acid groups (broad SMARTS) is 1. The van der Waals surface area contributed by atoms with Crippen molar-refractivity contribution in [1.29, 1.82) is 0 Å². The van der Waals surface area contributed by atoms with Gasteiger partial charge in [0.1, 0.15) is 6.61 Å². The lowest BCUT2D eigenvalue weighted by molar-refractivity contribution is -0.163. The minimum Gasteiger partial charge on any atom is -0.473 e. The van der Waals surface area contributed by atoms with Crippen LogP contribution < -0.4 is 0 Å². The molecule has 4 nitrogen and oxygen atoms in total. The monoisotopic (exact) mass is 150 g/mol. The summed E-state index contributed by atoms with van der Waals surface area (Å²) in [6.07, 6.45) is 0. The first-order chi connectivity index (χ1) is 4.18. The van der Waals surface area contributed by atoms with E-state index in [2.05, 4.69) is 17.4 Å². The first-order valence-electron chi connectivity index (χ1n) is 2.19. The van der Waals surface area contributed by atoms with Gasteiger partial charge in [-0.3, -0.25) is 0 Å². The highest BCUT2D eigenvalue weighted by molar-refractivity contribution is 7.80. The van der Waals surface area contributed by atoms with E-state index in [0.717, 1.165) is 0 Å². The Morgan fingerprint density at radius 3 is 2.44 bits per heavy atom. The molecule has 0 fully saturated rings. The molecule has 0 spiro atoms. The van der Waals surface area contributed by atoms with E-state index in [0.29, 0.717) is 5.75 Å². The average Bonchev–Trinajstić information content (AvgIpc) is 1.82. The number of hydrogen-bond donors (Lipinski definition) is 2. The predicted octanol–water partition coefficient (Wildman–Crippen LogP) is -0.456. The van der Waals surface area contributed by atoms with Crippen molar-refractivity contribution in [2.24, 2.45) is 0 Å². The van der Waals surface area contributed by atoms with E-state index in [1.54, 1.807) is 0 Å². The largest absolute Gasteiger partial charge is 0.473 e. The Morgan fingerprint density at radius 2 is 2.11 bits per heavy atom. The highest BCUT2D eigenvalue weighted by Crippen LogP contribution is 1.79. The Balaban J connectivity index is 3.39. The van der Waals surface area contributed by atoms with Crippen LogP contribution in [0.2, 0.25) is 0 Å². The van der Waals surface area contributed by atoms with Crippen LogP contribution in [0.5, 0.6) is 0 Å². The Morgan fingerprint density at radius 1 is 1.56 bits per heavy atom. The van der Waals surface area contributed by atoms with Gasteiger partial charge in [-0.1, -0.05) is 0 Å². The van der Waals surface area contributed by atoms with E-state index in [4.69, 9.17) is 5.11 Å². The summed E-state index contributed by atoms with van der Waals surface area (Å²) in [5, 5.41) is 7.91. The number of rotatable bonds is 2. The van der Waals surface area contributed by atoms with Crippen LogP contribution in [0.4, 0.5) is 0 Å². The topological polar surface area (TPSA) is 63.6 Å². The molecule has 0 unspecified atom stereocenters. The Labute approximate surface area is 57.2 Å². The third-order valence-corrected chi connectivity index (χ3v) is 0.682. The lowest BCUT2D eigenvalue weighted by atomic mass is 10.7. The lowest BCUT2D eigenvalue weighted by Gasteiger charge is -1.95. The van der Waals surface area contributed by atoms with Gasteiger partial charge in [0.25, 0.3) is 0 Å². The van der Waals surface area contributed by atoms with Crippen LogP contribution in [-0.4, -0.2) is 29.4 Å². The summed E-state index contributed by atoms with van der Waals surface area (Å²) >= 11 is 3.69. The SMILES string of the molecule is O=C(O)C(=O)OCCS. The maximum atomic E-state index is 10.0. The van der Waals surface area contributed by atoms with Crippen LogP contribution >= 0.6 is 12.6 Å². The number of carboxylic acids is 1. The van der Waals surface area contributed by atoms with Gasteiger partial charge in [-0.15, -0.1) is 0 Å². The minimum absolute atomic E-state index is 0.0360. The van der Waals surface area contributed by atoms with Gasteiger partial charge in [0.15, 0.2) is 0 Å². The molecular formula is C4H6O4S. The van der Waals surface area contributed by atoms with Gasteiger partial charge < -0.3 is 9.84 Å². The second-order valence-electron chi connectivity index (χ2n) is 1.16. The summed E-state index contributed by atoms with van der Waals surface area (Å²) in [6, 6.07) is 0. The van der Waals surface area contributed by atoms with E-state index in [9.17, 15) is 9.59 Å². The quantitative estimate of drug-likeness (QED) is 0.318. The smallest absolute Gasteiger partial charge is 0.417 e. The van der Waals surface area contributed by atoms with Crippen molar-refractivity contribution in [3.8, 4) is 0 Å². The summed E-state index contributed by atoms with van der Waals surface area (Å²) in [7, 11) is 0. The Kier molecular flexibility index (Phi) is 3.87. The zero-order valence-electron chi connectivity index (χ0n) is 4.53. The molecule has 0 radical (unpaired) electrons. The molecule has 0 heterocycles.